The van der Waals surface area contributed by atoms with Crippen LogP contribution in [0.3, 0.4) is 0 Å². The molecule has 6 aromatic rings. The minimum absolute atomic E-state index is 0.0591. The molecule has 1 aliphatic carbocycles. The summed E-state index contributed by atoms with van der Waals surface area (Å²) in [5, 5.41) is 0. The lowest BCUT2D eigenvalue weighted by atomic mass is 9.59. The zero-order valence-corrected chi connectivity index (χ0v) is 25.0. The van der Waals surface area contributed by atoms with Crippen molar-refractivity contribution in [1.82, 2.24) is 15.0 Å². The van der Waals surface area contributed by atoms with Gasteiger partial charge in [0.05, 0.1) is 22.9 Å². The summed E-state index contributed by atoms with van der Waals surface area (Å²) < 4.78 is 0. The van der Waals surface area contributed by atoms with Crippen molar-refractivity contribution in [2.45, 2.75) is 29.6 Å². The van der Waals surface area contributed by atoms with E-state index in [0.717, 1.165) is 44.8 Å². The molecule has 1 aliphatic heterocycles. The van der Waals surface area contributed by atoms with Crippen LogP contribution < -0.4 is 4.90 Å². The number of carbonyl (C=O) groups is 2. The standard InChI is InChI=1S/C40H30N4O2/c45-38-35(28-16-22-42-23-17-28)31-10-4-5-11-32(31)36(38)37(29-18-24-43-25-19-29)40(26-27-14-20-41-21-15-27)33-12-6-7-13-34(33)44(39(40)46)30-8-2-1-3-9-30/h1-25,35-37H,26H2. The highest BCUT2D eigenvalue weighted by Crippen LogP contribution is 2.60. The summed E-state index contributed by atoms with van der Waals surface area (Å²) in [6.45, 7) is 0. The average molecular weight is 599 g/mol. The number of hydrogen-bond acceptors (Lipinski definition) is 5. The Morgan fingerprint density at radius 2 is 1.22 bits per heavy atom. The van der Waals surface area contributed by atoms with Gasteiger partial charge < -0.3 is 0 Å². The van der Waals surface area contributed by atoms with Gasteiger partial charge in [-0.15, -0.1) is 0 Å². The first-order chi connectivity index (χ1) is 22.7. The van der Waals surface area contributed by atoms with Crippen molar-refractivity contribution in [3.63, 3.8) is 0 Å². The quantitative estimate of drug-likeness (QED) is 0.193. The monoisotopic (exact) mass is 598 g/mol. The van der Waals surface area contributed by atoms with E-state index < -0.39 is 23.2 Å². The summed E-state index contributed by atoms with van der Waals surface area (Å²) in [6.07, 6.45) is 10.9. The lowest BCUT2D eigenvalue weighted by Gasteiger charge is -2.40. The average Bonchev–Trinajstić information content (AvgIpc) is 3.54. The number of pyridine rings is 3. The Bertz CT molecular complexity index is 2040. The number of ketones is 1. The van der Waals surface area contributed by atoms with Crippen LogP contribution in [0.1, 0.15) is 51.1 Å². The number of nitrogens with zero attached hydrogens (tertiary/aromatic N) is 4. The van der Waals surface area contributed by atoms with Gasteiger partial charge in [0, 0.05) is 48.8 Å². The Morgan fingerprint density at radius 1 is 0.630 bits per heavy atom. The highest BCUT2D eigenvalue weighted by atomic mass is 16.2. The highest BCUT2D eigenvalue weighted by Gasteiger charge is 2.61. The fourth-order valence-electron chi connectivity index (χ4n) is 7.83. The second kappa shape index (κ2) is 11.3. The molecule has 0 radical (unpaired) electrons. The smallest absolute Gasteiger partial charge is 0.243 e. The van der Waals surface area contributed by atoms with Crippen molar-refractivity contribution in [1.29, 1.82) is 0 Å². The van der Waals surface area contributed by atoms with E-state index in [1.165, 1.54) is 0 Å². The van der Waals surface area contributed by atoms with Crippen LogP contribution in [0.25, 0.3) is 0 Å². The van der Waals surface area contributed by atoms with Crippen LogP contribution in [-0.4, -0.2) is 26.6 Å². The number of Topliss-reactive ketones (excluding diaryl/α,β-unsaturated/α-hetero) is 1. The number of para-hydroxylation sites is 2. The molecule has 6 heteroatoms. The first-order valence-corrected chi connectivity index (χ1v) is 15.5. The van der Waals surface area contributed by atoms with Gasteiger partial charge in [0.2, 0.25) is 5.91 Å². The lowest BCUT2D eigenvalue weighted by Crippen LogP contribution is -2.48. The van der Waals surface area contributed by atoms with Gasteiger partial charge in [-0.2, -0.15) is 0 Å². The molecule has 3 aromatic heterocycles. The summed E-state index contributed by atoms with van der Waals surface area (Å²) in [7, 11) is 0. The number of hydrogen-bond donors (Lipinski definition) is 0. The van der Waals surface area contributed by atoms with Gasteiger partial charge in [-0.05, 0) is 94.4 Å². The second-order valence-electron chi connectivity index (χ2n) is 12.0. The third kappa shape index (κ3) is 4.29. The normalized spacial score (nSPS) is 20.7. The van der Waals surface area contributed by atoms with Gasteiger partial charge in [0.25, 0.3) is 0 Å². The number of anilines is 2. The van der Waals surface area contributed by atoms with Crippen LogP contribution >= 0.6 is 0 Å². The summed E-state index contributed by atoms with van der Waals surface area (Å²) in [5.41, 5.74) is 6.07. The van der Waals surface area contributed by atoms with Crippen LogP contribution in [0.5, 0.6) is 0 Å². The number of carbonyl (C=O) groups excluding carboxylic acids is 2. The van der Waals surface area contributed by atoms with Gasteiger partial charge in [0.1, 0.15) is 0 Å². The fourth-order valence-corrected chi connectivity index (χ4v) is 7.83. The maximum atomic E-state index is 15.6. The molecular formula is C40H30N4O2. The molecule has 2 aliphatic rings. The summed E-state index contributed by atoms with van der Waals surface area (Å²) in [5.74, 6) is -1.61. The van der Waals surface area contributed by atoms with E-state index in [2.05, 4.69) is 33.2 Å². The van der Waals surface area contributed by atoms with E-state index in [4.69, 9.17) is 0 Å². The van der Waals surface area contributed by atoms with Crippen molar-refractivity contribution < 1.29 is 9.59 Å². The molecule has 0 N–H and O–H groups in total. The van der Waals surface area contributed by atoms with E-state index in [1.807, 2.05) is 102 Å². The molecule has 4 unspecified atom stereocenters. The van der Waals surface area contributed by atoms with Gasteiger partial charge in [0.15, 0.2) is 5.78 Å². The Kier molecular flexibility index (Phi) is 6.83. The predicted molar refractivity (Wildman–Crippen MR) is 177 cm³/mol. The molecule has 0 saturated heterocycles. The molecule has 4 heterocycles. The molecule has 0 spiro atoms. The summed E-state index contributed by atoms with van der Waals surface area (Å²) >= 11 is 0. The summed E-state index contributed by atoms with van der Waals surface area (Å²) in [4.78, 5) is 45.4. The topological polar surface area (TPSA) is 76.0 Å². The van der Waals surface area contributed by atoms with E-state index in [-0.39, 0.29) is 11.7 Å². The van der Waals surface area contributed by atoms with Gasteiger partial charge in [-0.3, -0.25) is 29.4 Å². The van der Waals surface area contributed by atoms with E-state index in [1.54, 1.807) is 37.2 Å². The first kappa shape index (κ1) is 27.8. The van der Waals surface area contributed by atoms with Gasteiger partial charge >= 0.3 is 0 Å². The van der Waals surface area contributed by atoms with Gasteiger partial charge in [-0.1, -0.05) is 60.7 Å². The largest absolute Gasteiger partial charge is 0.298 e. The van der Waals surface area contributed by atoms with E-state index in [0.29, 0.717) is 6.42 Å². The SMILES string of the molecule is O=C1C(c2ccncc2)c2ccccc2C1C(c1ccncc1)C1(Cc2ccncc2)C(=O)N(c2ccccc2)c2ccccc21. The highest BCUT2D eigenvalue weighted by molar-refractivity contribution is 6.14. The number of aromatic nitrogens is 3. The first-order valence-electron chi connectivity index (χ1n) is 15.5. The lowest BCUT2D eigenvalue weighted by molar-refractivity contribution is -0.125. The second-order valence-corrected chi connectivity index (χ2v) is 12.0. The molecule has 8 rings (SSSR count). The minimum Gasteiger partial charge on any atom is -0.298 e. The Balaban J connectivity index is 1.43. The van der Waals surface area contributed by atoms with E-state index >= 15 is 9.59 Å². The maximum Gasteiger partial charge on any atom is 0.243 e. The number of benzene rings is 3. The Labute approximate surface area is 267 Å². The Morgan fingerprint density at radius 3 is 1.93 bits per heavy atom. The molecular weight excluding hydrogens is 568 g/mol. The molecule has 0 saturated carbocycles. The van der Waals surface area contributed by atoms with Crippen molar-refractivity contribution in [2.75, 3.05) is 4.90 Å². The number of rotatable bonds is 7. The molecule has 1 amide bonds. The number of fused-ring (bicyclic) bond motifs is 2. The molecule has 0 bridgehead atoms. The zero-order chi connectivity index (χ0) is 31.1. The van der Waals surface area contributed by atoms with E-state index in [9.17, 15) is 0 Å². The zero-order valence-electron chi connectivity index (χ0n) is 25.0. The van der Waals surface area contributed by atoms with Crippen LogP contribution in [0.4, 0.5) is 11.4 Å². The van der Waals surface area contributed by atoms with Crippen molar-refractivity contribution >= 4 is 23.1 Å². The van der Waals surface area contributed by atoms with Crippen molar-refractivity contribution in [2.24, 2.45) is 0 Å². The van der Waals surface area contributed by atoms with Crippen molar-refractivity contribution in [3.05, 3.63) is 186 Å². The molecule has 6 nitrogen and oxygen atoms in total. The number of amides is 1. The van der Waals surface area contributed by atoms with Crippen LogP contribution in [-0.2, 0) is 21.4 Å². The third-order valence-electron chi connectivity index (χ3n) is 9.66. The Hall–Kier alpha value is -5.75. The molecule has 222 valence electrons. The molecule has 4 atom stereocenters. The van der Waals surface area contributed by atoms with Crippen LogP contribution in [0, 0.1) is 0 Å². The summed E-state index contributed by atoms with van der Waals surface area (Å²) in [6, 6.07) is 37.6. The predicted octanol–water partition coefficient (Wildman–Crippen LogP) is 7.31. The van der Waals surface area contributed by atoms with Crippen LogP contribution in [0.15, 0.2) is 152 Å². The van der Waals surface area contributed by atoms with Crippen molar-refractivity contribution in [3.8, 4) is 0 Å². The van der Waals surface area contributed by atoms with Crippen LogP contribution in [0.2, 0.25) is 0 Å². The minimum atomic E-state index is -1.14. The van der Waals surface area contributed by atoms with Gasteiger partial charge in [-0.25, -0.2) is 0 Å². The molecule has 0 fully saturated rings. The fraction of sp³-hybridized carbons (Fsp3) is 0.125. The molecule has 46 heavy (non-hydrogen) atoms. The third-order valence-corrected chi connectivity index (χ3v) is 9.66. The molecule has 3 aromatic carbocycles. The maximum absolute atomic E-state index is 15.6.